The van der Waals surface area contributed by atoms with Crippen molar-refractivity contribution in [2.75, 3.05) is 5.73 Å². The minimum atomic E-state index is 0.328. The summed E-state index contributed by atoms with van der Waals surface area (Å²) in [6.07, 6.45) is 7.41. The lowest BCUT2D eigenvalue weighted by molar-refractivity contribution is 0.112. The largest absolute Gasteiger partial charge is 0.398 e. The summed E-state index contributed by atoms with van der Waals surface area (Å²) in [5.74, 6) is 9.92. The summed E-state index contributed by atoms with van der Waals surface area (Å²) >= 11 is 0. The number of carbonyl (C=O) groups excluding carboxylic acids is 1. The summed E-state index contributed by atoms with van der Waals surface area (Å²) in [6.45, 7) is 27.6. The van der Waals surface area contributed by atoms with E-state index in [1.165, 1.54) is 22.3 Å². The molecule has 0 fully saturated rings. The molecule has 2 heterocycles. The lowest BCUT2D eigenvalue weighted by Gasteiger charge is -2.18. The summed E-state index contributed by atoms with van der Waals surface area (Å²) in [4.78, 5) is 27.3. The fourth-order valence-electron chi connectivity index (χ4n) is 9.86. The van der Waals surface area contributed by atoms with Gasteiger partial charge in [-0.15, -0.1) is 6.42 Å². The van der Waals surface area contributed by atoms with Crippen LogP contribution in [0.1, 0.15) is 158 Å². The predicted octanol–water partition coefficient (Wildman–Crippen LogP) is 17.8. The van der Waals surface area contributed by atoms with Crippen molar-refractivity contribution in [2.45, 2.75) is 114 Å². The number of aryl methyl sites for hydroxylation is 4. The van der Waals surface area contributed by atoms with Crippen LogP contribution in [-0.2, 0) is 0 Å². The van der Waals surface area contributed by atoms with E-state index in [9.17, 15) is 4.79 Å². The molecule has 0 bridgehead atoms. The fourth-order valence-corrected chi connectivity index (χ4v) is 9.86. The molecule has 0 aliphatic rings. The Bertz CT molecular complexity index is 4000. The van der Waals surface area contributed by atoms with Gasteiger partial charge in [0.2, 0.25) is 0 Å². The number of rotatable bonds is 11. The van der Waals surface area contributed by atoms with E-state index in [1.54, 1.807) is 11.6 Å². The third kappa shape index (κ3) is 16.2. The van der Waals surface area contributed by atoms with Crippen LogP contribution in [0.2, 0.25) is 0 Å². The van der Waals surface area contributed by atoms with Crippen molar-refractivity contribution >= 4 is 84.2 Å². The van der Waals surface area contributed by atoms with Crippen LogP contribution in [0.15, 0.2) is 197 Å². The fraction of sp³-hybridized carbons (Fsp3) is 0.227. The second-order valence-electron chi connectivity index (χ2n) is 21.9. The number of benzene rings is 8. The molecule has 2 N–H and O–H groups in total. The van der Waals surface area contributed by atoms with Gasteiger partial charge in [0.15, 0.2) is 18.0 Å². The van der Waals surface area contributed by atoms with Gasteiger partial charge in [0.05, 0.1) is 34.3 Å². The first-order valence-electron chi connectivity index (χ1n) is 29.1. The van der Waals surface area contributed by atoms with Crippen LogP contribution >= 0.6 is 0 Å². The average molecular weight is 1130 g/mol. The van der Waals surface area contributed by atoms with E-state index in [4.69, 9.17) is 32.2 Å². The van der Waals surface area contributed by atoms with Crippen molar-refractivity contribution in [1.29, 1.82) is 0 Å². The van der Waals surface area contributed by atoms with Crippen LogP contribution in [0.5, 0.6) is 0 Å². The molecule has 0 aliphatic heterocycles. The van der Waals surface area contributed by atoms with Crippen LogP contribution in [0.4, 0.5) is 22.7 Å². The number of anilines is 1. The molecule has 0 aliphatic carbocycles. The first-order chi connectivity index (χ1) is 41.5. The van der Waals surface area contributed by atoms with Gasteiger partial charge in [0.1, 0.15) is 11.4 Å². The van der Waals surface area contributed by atoms with Crippen molar-refractivity contribution in [3.8, 4) is 24.2 Å². The van der Waals surface area contributed by atoms with Gasteiger partial charge in [0, 0.05) is 43.1 Å². The molecular formula is C75H78B2N8O. The van der Waals surface area contributed by atoms with E-state index >= 15 is 0 Å². The second kappa shape index (κ2) is 31.9. The van der Waals surface area contributed by atoms with Gasteiger partial charge in [-0.3, -0.25) is 9.79 Å². The number of carbonyl (C=O) groups is 1. The molecule has 0 saturated heterocycles. The Morgan fingerprint density at radius 3 is 1.19 bits per heavy atom. The first-order valence-corrected chi connectivity index (χ1v) is 29.1. The van der Waals surface area contributed by atoms with E-state index in [-0.39, 0.29) is 0 Å². The Balaban J connectivity index is 0.000000222. The molecule has 10 aromatic rings. The predicted molar refractivity (Wildman–Crippen MR) is 367 cm³/mol. The third-order valence-corrected chi connectivity index (χ3v) is 14.4. The Kier molecular flexibility index (Phi) is 24.3. The van der Waals surface area contributed by atoms with E-state index in [2.05, 4.69) is 211 Å². The number of nitrogens with two attached hydrogens (primary N) is 1. The number of terminal acetylenes is 1. The summed E-state index contributed by atoms with van der Waals surface area (Å²) in [5, 5.41) is 11.6. The average Bonchev–Trinajstić information content (AvgIpc) is 2.88. The van der Waals surface area contributed by atoms with Gasteiger partial charge in [-0.2, -0.15) is 10.2 Å². The number of nitrogen functional groups attached to an aromatic ring is 1. The molecular weight excluding hydrogens is 1050 g/mol. The van der Waals surface area contributed by atoms with Gasteiger partial charge >= 0.3 is 0 Å². The normalized spacial score (nSPS) is 11.2. The number of aromatic nitrogens is 4. The zero-order valence-electron chi connectivity index (χ0n) is 52.1. The minimum Gasteiger partial charge on any atom is -0.398 e. The summed E-state index contributed by atoms with van der Waals surface area (Å²) in [5.41, 5.74) is 24.1. The van der Waals surface area contributed by atoms with Crippen LogP contribution < -0.4 is 5.73 Å². The maximum atomic E-state index is 11.7. The number of nitrogens with zero attached hydrogens (tertiary/aromatic N) is 7. The smallest absolute Gasteiger partial charge is 0.170 e. The lowest BCUT2D eigenvalue weighted by atomic mass is 9.81. The maximum absolute atomic E-state index is 11.7. The van der Waals surface area contributed by atoms with Crippen molar-refractivity contribution in [2.24, 2.45) is 15.0 Å². The van der Waals surface area contributed by atoms with Crippen LogP contribution in [0.3, 0.4) is 0 Å². The molecule has 0 spiro atoms. The van der Waals surface area contributed by atoms with Gasteiger partial charge in [-0.05, 0) is 127 Å². The number of aliphatic imine (C=N–C) groups is 3. The van der Waals surface area contributed by atoms with Crippen molar-refractivity contribution in [1.82, 2.24) is 19.6 Å². The number of para-hydroxylation sites is 6. The van der Waals surface area contributed by atoms with Gasteiger partial charge in [-0.1, -0.05) is 231 Å². The van der Waals surface area contributed by atoms with Crippen LogP contribution in [-0.4, -0.2) is 59.2 Å². The Morgan fingerprint density at radius 1 is 0.488 bits per heavy atom. The highest BCUT2D eigenvalue weighted by atomic mass is 16.1. The topological polar surface area (TPSA) is 116 Å². The standard InChI is InChI=1S/C35H36N4.C27H27N3O.C8H11N.C5H4.B2/c1-23(2)28-19-13-20-29(24(3)4)34(28)37-35(27-16-8-7-9-17-27)39-32-21-11-10-18-30(32)31(38-39)22-36-33-25(5)14-12-15-26(33)6;1-18(2)21-14-10-15-22(19(3)4)26(21)28-27(20-11-6-5-7-12-20)30-25-16-9-8-13-23(25)24(17-31)29-30;1-6-4-3-5-7(2)8(6)9;1-3-5-4-2;1-2/h7-24H,1-6H3;5-19H,1-4H3;3-5H,9H2,1-2H3;1H,2H3;. The Hall–Kier alpha value is -9.57. The van der Waals surface area contributed by atoms with E-state index in [0.29, 0.717) is 35.2 Å². The molecule has 8 aromatic carbocycles. The monoisotopic (exact) mass is 1130 g/mol. The second-order valence-corrected chi connectivity index (χ2v) is 21.9. The van der Waals surface area contributed by atoms with E-state index in [1.807, 2.05) is 104 Å². The van der Waals surface area contributed by atoms with E-state index in [0.717, 1.165) is 95.8 Å². The molecule has 86 heavy (non-hydrogen) atoms. The number of aldehydes is 1. The van der Waals surface area contributed by atoms with Gasteiger partial charge in [0.25, 0.3) is 0 Å². The highest BCUT2D eigenvalue weighted by Crippen LogP contribution is 2.38. The van der Waals surface area contributed by atoms with Crippen molar-refractivity contribution in [3.63, 3.8) is 0 Å². The molecule has 9 nitrogen and oxygen atoms in total. The Morgan fingerprint density at radius 2 is 0.837 bits per heavy atom. The van der Waals surface area contributed by atoms with Crippen molar-refractivity contribution < 1.29 is 4.79 Å². The molecule has 0 unspecified atom stereocenters. The molecule has 0 saturated carbocycles. The zero-order chi connectivity index (χ0) is 62.5. The van der Waals surface area contributed by atoms with Crippen molar-refractivity contribution in [3.05, 3.63) is 249 Å². The molecule has 4 radical (unpaired) electrons. The highest BCUT2D eigenvalue weighted by Gasteiger charge is 2.22. The summed E-state index contributed by atoms with van der Waals surface area (Å²) < 4.78 is 3.79. The zero-order valence-corrected chi connectivity index (χ0v) is 52.1. The maximum Gasteiger partial charge on any atom is 0.170 e. The van der Waals surface area contributed by atoms with E-state index < -0.39 is 0 Å². The number of hydrogen-bond donors (Lipinski definition) is 1. The molecule has 0 amide bonds. The Labute approximate surface area is 513 Å². The molecule has 2 aromatic heterocycles. The summed E-state index contributed by atoms with van der Waals surface area (Å²) in [6, 6.07) is 61.7. The van der Waals surface area contributed by atoms with Gasteiger partial charge < -0.3 is 5.73 Å². The van der Waals surface area contributed by atoms with Crippen LogP contribution in [0.25, 0.3) is 21.8 Å². The molecule has 11 heteroatoms. The quantitative estimate of drug-likeness (QED) is 0.0347. The molecule has 10 rings (SSSR count). The number of hydrogen-bond acceptors (Lipinski definition) is 7. The first kappa shape index (κ1) is 65.6. The number of fused-ring (bicyclic) bond motifs is 2. The molecule has 0 atom stereocenters. The third-order valence-electron chi connectivity index (χ3n) is 14.4. The molecule has 430 valence electrons. The van der Waals surface area contributed by atoms with Crippen LogP contribution in [0, 0.1) is 51.9 Å². The lowest BCUT2D eigenvalue weighted by Crippen LogP contribution is -2.16. The SMILES string of the molecule is C#CC#CC.CC(C)c1cccc(C(C)C)c1N=C(c1ccccc1)n1nc(C=O)c2ccccc21.Cc1cccc(C)c1N.Cc1cccc(C)c1N=Cc1nn(C(=Nc2c(C(C)C)cccc2C(C)C)c2ccccc2)c2ccccc12.[B][B]. The summed E-state index contributed by atoms with van der Waals surface area (Å²) in [7, 11) is 8.00. The van der Waals surface area contributed by atoms with Gasteiger partial charge in [-0.25, -0.2) is 19.3 Å². The highest BCUT2D eigenvalue weighted by molar-refractivity contribution is 6.75. The minimum absolute atomic E-state index is 0.328.